The fourth-order valence-electron chi connectivity index (χ4n) is 3.16. The highest BCUT2D eigenvalue weighted by atomic mass is 32.2. The number of anilines is 2. The first-order valence-electron chi connectivity index (χ1n) is 10.4. The summed E-state index contributed by atoms with van der Waals surface area (Å²) in [7, 11) is 0. The lowest BCUT2D eigenvalue weighted by Crippen LogP contribution is -2.13. The van der Waals surface area contributed by atoms with Crippen LogP contribution in [0, 0.1) is 6.92 Å². The van der Waals surface area contributed by atoms with Crippen LogP contribution in [0.15, 0.2) is 71.1 Å². The highest BCUT2D eigenvalue weighted by Crippen LogP contribution is 2.31. The molecule has 1 heterocycles. The molecular formula is C25H23N3O3S2. The number of fused-ring (bicyclic) bond motifs is 1. The first-order valence-corrected chi connectivity index (χ1v) is 12.2. The van der Waals surface area contributed by atoms with Crippen molar-refractivity contribution in [3.05, 3.63) is 77.9 Å². The third-order valence-electron chi connectivity index (χ3n) is 4.68. The number of carbonyl (C=O) groups is 2. The Balaban J connectivity index is 1.36. The summed E-state index contributed by atoms with van der Waals surface area (Å²) in [6.45, 7) is 4.48. The second kappa shape index (κ2) is 10.5. The lowest BCUT2D eigenvalue weighted by atomic mass is 10.2. The van der Waals surface area contributed by atoms with Gasteiger partial charge in [-0.3, -0.25) is 9.59 Å². The molecule has 0 unspecified atom stereocenters. The smallest absolute Gasteiger partial charge is 0.255 e. The summed E-state index contributed by atoms with van der Waals surface area (Å²) in [5, 5.41) is 5.83. The van der Waals surface area contributed by atoms with Crippen LogP contribution >= 0.6 is 23.1 Å². The molecule has 168 valence electrons. The summed E-state index contributed by atoms with van der Waals surface area (Å²) in [6.07, 6.45) is 0. The molecule has 0 saturated heterocycles. The molecule has 0 aliphatic rings. The number of thioether (sulfide) groups is 1. The molecule has 2 N–H and O–H groups in total. The Bertz CT molecular complexity index is 1290. The van der Waals surface area contributed by atoms with Crippen molar-refractivity contribution in [3.8, 4) is 5.75 Å². The number of benzene rings is 3. The highest BCUT2D eigenvalue weighted by Gasteiger charge is 2.11. The molecule has 0 radical (unpaired) electrons. The molecule has 0 bridgehead atoms. The van der Waals surface area contributed by atoms with Crippen LogP contribution in [0.1, 0.15) is 22.8 Å². The minimum absolute atomic E-state index is 0.0758. The first-order chi connectivity index (χ1) is 16.0. The molecule has 2 amide bonds. The van der Waals surface area contributed by atoms with E-state index in [1.54, 1.807) is 24.3 Å². The molecule has 3 aromatic carbocycles. The van der Waals surface area contributed by atoms with Gasteiger partial charge in [0.2, 0.25) is 5.91 Å². The van der Waals surface area contributed by atoms with Gasteiger partial charge in [-0.05, 0) is 74.0 Å². The topological polar surface area (TPSA) is 80.3 Å². The average Bonchev–Trinajstić information content (AvgIpc) is 3.21. The van der Waals surface area contributed by atoms with Crippen molar-refractivity contribution in [2.45, 2.75) is 18.2 Å². The number of hydrogen-bond acceptors (Lipinski definition) is 6. The summed E-state index contributed by atoms with van der Waals surface area (Å²) in [5.74, 6) is 0.741. The molecule has 0 saturated carbocycles. The van der Waals surface area contributed by atoms with Gasteiger partial charge in [0.05, 0.1) is 22.6 Å². The van der Waals surface area contributed by atoms with Crippen molar-refractivity contribution < 1.29 is 14.3 Å². The Kier molecular flexibility index (Phi) is 7.26. The zero-order valence-electron chi connectivity index (χ0n) is 18.3. The number of hydrogen-bond donors (Lipinski definition) is 2. The molecule has 0 fully saturated rings. The van der Waals surface area contributed by atoms with Crippen LogP contribution in [-0.2, 0) is 4.79 Å². The van der Waals surface area contributed by atoms with Crippen LogP contribution in [-0.4, -0.2) is 29.2 Å². The second-order valence-electron chi connectivity index (χ2n) is 7.28. The molecular weight excluding hydrogens is 454 g/mol. The van der Waals surface area contributed by atoms with Crippen LogP contribution in [0.2, 0.25) is 0 Å². The minimum Gasteiger partial charge on any atom is -0.494 e. The van der Waals surface area contributed by atoms with Crippen LogP contribution in [0.5, 0.6) is 5.75 Å². The van der Waals surface area contributed by atoms with Gasteiger partial charge in [-0.1, -0.05) is 23.9 Å². The van der Waals surface area contributed by atoms with E-state index in [2.05, 4.69) is 15.6 Å². The summed E-state index contributed by atoms with van der Waals surface area (Å²) in [6, 6.07) is 20.3. The van der Waals surface area contributed by atoms with Gasteiger partial charge in [-0.25, -0.2) is 4.98 Å². The maximum Gasteiger partial charge on any atom is 0.255 e. The Labute approximate surface area is 200 Å². The number of nitrogens with one attached hydrogen (secondary N) is 2. The number of thiazole rings is 1. The number of carbonyl (C=O) groups excluding carboxylic acids is 2. The van der Waals surface area contributed by atoms with Crippen LogP contribution in [0.25, 0.3) is 10.2 Å². The number of rotatable bonds is 8. The van der Waals surface area contributed by atoms with Crippen molar-refractivity contribution in [2.24, 2.45) is 0 Å². The van der Waals surface area contributed by atoms with Gasteiger partial charge in [-0.2, -0.15) is 0 Å². The zero-order valence-corrected chi connectivity index (χ0v) is 19.9. The van der Waals surface area contributed by atoms with Gasteiger partial charge < -0.3 is 15.4 Å². The molecule has 8 heteroatoms. The predicted octanol–water partition coefficient (Wildman–Crippen LogP) is 5.99. The zero-order chi connectivity index (χ0) is 23.2. The lowest BCUT2D eigenvalue weighted by Gasteiger charge is -2.07. The van der Waals surface area contributed by atoms with Crippen LogP contribution in [0.4, 0.5) is 11.4 Å². The van der Waals surface area contributed by atoms with E-state index in [1.165, 1.54) is 23.1 Å². The SMILES string of the molecule is CCOc1ccc(C(=O)Nc2ccc3nc(SCC(=O)Nc4cccc(C)c4)sc3c2)cc1. The summed E-state index contributed by atoms with van der Waals surface area (Å²) < 4.78 is 7.16. The fraction of sp³-hybridized carbons (Fsp3) is 0.160. The average molecular weight is 478 g/mol. The van der Waals surface area contributed by atoms with Crippen LogP contribution in [0.3, 0.4) is 0 Å². The maximum absolute atomic E-state index is 12.6. The van der Waals surface area contributed by atoms with Gasteiger partial charge in [0.15, 0.2) is 4.34 Å². The minimum atomic E-state index is -0.190. The van der Waals surface area contributed by atoms with Crippen molar-refractivity contribution in [1.29, 1.82) is 0 Å². The Hall–Kier alpha value is -3.36. The van der Waals surface area contributed by atoms with E-state index in [0.29, 0.717) is 17.9 Å². The molecule has 6 nitrogen and oxygen atoms in total. The largest absolute Gasteiger partial charge is 0.494 e. The number of nitrogens with zero attached hydrogens (tertiary/aromatic N) is 1. The lowest BCUT2D eigenvalue weighted by molar-refractivity contribution is -0.113. The summed E-state index contributed by atoms with van der Waals surface area (Å²) in [5.41, 5.74) is 3.97. The van der Waals surface area contributed by atoms with E-state index < -0.39 is 0 Å². The third kappa shape index (κ3) is 6.12. The van der Waals surface area contributed by atoms with Gasteiger partial charge in [-0.15, -0.1) is 11.3 Å². The summed E-state index contributed by atoms with van der Waals surface area (Å²) in [4.78, 5) is 29.4. The van der Waals surface area contributed by atoms with Crippen molar-refractivity contribution in [1.82, 2.24) is 4.98 Å². The molecule has 4 aromatic rings. The van der Waals surface area contributed by atoms with Gasteiger partial charge in [0, 0.05) is 16.9 Å². The normalized spacial score (nSPS) is 10.7. The van der Waals surface area contributed by atoms with Crippen molar-refractivity contribution in [3.63, 3.8) is 0 Å². The quantitative estimate of drug-likeness (QED) is 0.305. The number of amides is 2. The number of ether oxygens (including phenoxy) is 1. The molecule has 0 atom stereocenters. The predicted molar refractivity (Wildman–Crippen MR) is 136 cm³/mol. The number of aryl methyl sites for hydroxylation is 1. The van der Waals surface area contributed by atoms with E-state index in [0.717, 1.165) is 31.6 Å². The Morgan fingerprint density at radius 2 is 1.79 bits per heavy atom. The van der Waals surface area contributed by atoms with Gasteiger partial charge in [0.25, 0.3) is 5.91 Å². The number of aromatic nitrogens is 1. The highest BCUT2D eigenvalue weighted by molar-refractivity contribution is 8.01. The molecule has 0 aliphatic heterocycles. The van der Waals surface area contributed by atoms with Crippen LogP contribution < -0.4 is 15.4 Å². The van der Waals surface area contributed by atoms with Gasteiger partial charge in [0.1, 0.15) is 5.75 Å². The summed E-state index contributed by atoms with van der Waals surface area (Å²) >= 11 is 2.89. The molecule has 0 spiro atoms. The Morgan fingerprint density at radius 1 is 1.00 bits per heavy atom. The van der Waals surface area contributed by atoms with E-state index in [-0.39, 0.29) is 17.6 Å². The Morgan fingerprint density at radius 3 is 2.55 bits per heavy atom. The van der Waals surface area contributed by atoms with Crippen molar-refractivity contribution >= 4 is 56.5 Å². The molecule has 33 heavy (non-hydrogen) atoms. The maximum atomic E-state index is 12.6. The third-order valence-corrected chi connectivity index (χ3v) is 6.84. The van der Waals surface area contributed by atoms with Crippen molar-refractivity contribution in [2.75, 3.05) is 23.0 Å². The van der Waals surface area contributed by atoms with E-state index in [4.69, 9.17) is 4.74 Å². The first kappa shape index (κ1) is 22.8. The molecule has 4 rings (SSSR count). The molecule has 1 aromatic heterocycles. The fourth-order valence-corrected chi connectivity index (χ4v) is 5.07. The van der Waals surface area contributed by atoms with Gasteiger partial charge >= 0.3 is 0 Å². The van der Waals surface area contributed by atoms with E-state index >= 15 is 0 Å². The monoisotopic (exact) mass is 477 g/mol. The standard InChI is InChI=1S/C25H23N3O3S2/c1-3-31-20-10-7-17(8-11-20)24(30)27-19-9-12-21-22(14-19)33-25(28-21)32-15-23(29)26-18-6-4-5-16(2)13-18/h4-14H,3,15H2,1-2H3,(H,26,29)(H,27,30). The molecule has 0 aliphatic carbocycles. The van der Waals surface area contributed by atoms with E-state index in [1.807, 2.05) is 56.3 Å². The van der Waals surface area contributed by atoms with E-state index in [9.17, 15) is 9.59 Å². The second-order valence-corrected chi connectivity index (χ2v) is 9.53.